The second kappa shape index (κ2) is 6.71. The van der Waals surface area contributed by atoms with Crippen molar-refractivity contribution in [3.63, 3.8) is 0 Å². The third-order valence-electron chi connectivity index (χ3n) is 4.41. The summed E-state index contributed by atoms with van der Waals surface area (Å²) in [5.41, 5.74) is -0.727. The molecule has 0 aromatic carbocycles. The molecule has 0 aromatic heterocycles. The minimum atomic E-state index is -0.727. The number of carbonyl (C=O) groups is 1. The first-order valence-corrected chi connectivity index (χ1v) is 7.81. The first-order chi connectivity index (χ1) is 9.07. The molecule has 1 aliphatic carbocycles. The molecule has 4 heteroatoms. The van der Waals surface area contributed by atoms with Crippen LogP contribution in [0.2, 0.25) is 0 Å². The van der Waals surface area contributed by atoms with Crippen LogP contribution in [0.15, 0.2) is 0 Å². The van der Waals surface area contributed by atoms with Crippen molar-refractivity contribution >= 4 is 5.91 Å². The maximum absolute atomic E-state index is 12.0. The quantitative estimate of drug-likeness (QED) is 0.797. The fourth-order valence-corrected chi connectivity index (χ4v) is 3.41. The van der Waals surface area contributed by atoms with Gasteiger partial charge in [0.15, 0.2) is 0 Å². The van der Waals surface area contributed by atoms with E-state index in [1.807, 2.05) is 0 Å². The molecule has 0 spiro atoms. The van der Waals surface area contributed by atoms with Crippen LogP contribution < -0.4 is 5.32 Å². The summed E-state index contributed by atoms with van der Waals surface area (Å²) in [7, 11) is 0. The lowest BCUT2D eigenvalue weighted by Crippen LogP contribution is -2.45. The van der Waals surface area contributed by atoms with Crippen LogP contribution in [0, 0.1) is 0 Å². The topological polar surface area (TPSA) is 52.6 Å². The van der Waals surface area contributed by atoms with E-state index in [-0.39, 0.29) is 18.4 Å². The largest absolute Gasteiger partial charge is 0.389 e. The number of piperidine rings is 1. The SMILES string of the molecule is CC(CN1CCCCC1)NC(=O)CC1(O)CCCC1. The number of rotatable bonds is 5. The summed E-state index contributed by atoms with van der Waals surface area (Å²) in [6.07, 6.45) is 7.82. The van der Waals surface area contributed by atoms with E-state index in [4.69, 9.17) is 0 Å². The van der Waals surface area contributed by atoms with Crippen LogP contribution >= 0.6 is 0 Å². The van der Waals surface area contributed by atoms with Crippen molar-refractivity contribution in [1.82, 2.24) is 10.2 Å². The van der Waals surface area contributed by atoms with Gasteiger partial charge in [-0.3, -0.25) is 4.79 Å². The fraction of sp³-hybridized carbons (Fsp3) is 0.933. The van der Waals surface area contributed by atoms with Gasteiger partial charge < -0.3 is 15.3 Å². The van der Waals surface area contributed by atoms with E-state index in [9.17, 15) is 9.90 Å². The van der Waals surface area contributed by atoms with Gasteiger partial charge >= 0.3 is 0 Å². The van der Waals surface area contributed by atoms with E-state index in [0.29, 0.717) is 0 Å². The fourth-order valence-electron chi connectivity index (χ4n) is 3.41. The van der Waals surface area contributed by atoms with Crippen molar-refractivity contribution in [3.05, 3.63) is 0 Å². The Kier molecular flexibility index (Phi) is 5.22. The van der Waals surface area contributed by atoms with Gasteiger partial charge in [-0.15, -0.1) is 0 Å². The van der Waals surface area contributed by atoms with Crippen LogP contribution in [0.25, 0.3) is 0 Å². The van der Waals surface area contributed by atoms with Crippen molar-refractivity contribution in [3.8, 4) is 0 Å². The number of hydrogen-bond donors (Lipinski definition) is 2. The Morgan fingerprint density at radius 2 is 1.84 bits per heavy atom. The Morgan fingerprint density at radius 3 is 2.47 bits per heavy atom. The molecule has 0 bridgehead atoms. The highest BCUT2D eigenvalue weighted by molar-refractivity contribution is 5.77. The Labute approximate surface area is 116 Å². The van der Waals surface area contributed by atoms with Gasteiger partial charge in [0, 0.05) is 12.6 Å². The average Bonchev–Trinajstić information content (AvgIpc) is 2.76. The van der Waals surface area contributed by atoms with Crippen molar-refractivity contribution < 1.29 is 9.90 Å². The smallest absolute Gasteiger partial charge is 0.223 e. The molecule has 0 aromatic rings. The number of hydrogen-bond acceptors (Lipinski definition) is 3. The molecule has 2 N–H and O–H groups in total. The number of amides is 1. The summed E-state index contributed by atoms with van der Waals surface area (Å²) in [5, 5.41) is 13.3. The Morgan fingerprint density at radius 1 is 1.21 bits per heavy atom. The molecule has 110 valence electrons. The zero-order chi connectivity index (χ0) is 13.7. The number of nitrogens with one attached hydrogen (secondary N) is 1. The van der Waals surface area contributed by atoms with Gasteiger partial charge in [-0.05, 0) is 45.7 Å². The van der Waals surface area contributed by atoms with Gasteiger partial charge in [-0.2, -0.15) is 0 Å². The van der Waals surface area contributed by atoms with Crippen molar-refractivity contribution in [1.29, 1.82) is 0 Å². The number of likely N-dealkylation sites (tertiary alicyclic amines) is 1. The second-order valence-corrected chi connectivity index (χ2v) is 6.44. The Bertz CT molecular complexity index is 295. The van der Waals surface area contributed by atoms with Crippen LogP contribution in [0.3, 0.4) is 0 Å². The molecule has 4 nitrogen and oxygen atoms in total. The predicted molar refractivity (Wildman–Crippen MR) is 75.9 cm³/mol. The molecule has 1 atom stereocenters. The first-order valence-electron chi connectivity index (χ1n) is 7.81. The van der Waals surface area contributed by atoms with Gasteiger partial charge in [0.05, 0.1) is 12.0 Å². The Hall–Kier alpha value is -0.610. The summed E-state index contributed by atoms with van der Waals surface area (Å²) in [4.78, 5) is 14.4. The van der Waals surface area contributed by atoms with Gasteiger partial charge in [-0.1, -0.05) is 19.3 Å². The molecule has 1 saturated heterocycles. The summed E-state index contributed by atoms with van der Waals surface area (Å²) in [6, 6.07) is 0.176. The predicted octanol–water partition coefficient (Wildman–Crippen LogP) is 1.67. The molecule has 1 aliphatic heterocycles. The van der Waals surface area contributed by atoms with E-state index >= 15 is 0 Å². The molecular formula is C15H28N2O2. The standard InChI is InChI=1S/C15H28N2O2/c1-13(12-17-9-5-2-6-10-17)16-14(18)11-15(19)7-3-4-8-15/h13,19H,2-12H2,1H3,(H,16,18). The van der Waals surface area contributed by atoms with E-state index in [0.717, 1.165) is 45.3 Å². The first kappa shape index (κ1) is 14.8. The third-order valence-corrected chi connectivity index (χ3v) is 4.41. The van der Waals surface area contributed by atoms with Crippen LogP contribution in [0.1, 0.15) is 58.3 Å². The number of nitrogens with zero attached hydrogens (tertiary/aromatic N) is 1. The minimum absolute atomic E-state index is 0.00825. The van der Waals surface area contributed by atoms with Gasteiger partial charge in [0.1, 0.15) is 0 Å². The highest BCUT2D eigenvalue weighted by atomic mass is 16.3. The molecule has 2 fully saturated rings. The van der Waals surface area contributed by atoms with E-state index in [1.54, 1.807) is 0 Å². The van der Waals surface area contributed by atoms with Gasteiger partial charge in [-0.25, -0.2) is 0 Å². The average molecular weight is 268 g/mol. The van der Waals surface area contributed by atoms with E-state index in [1.165, 1.54) is 19.3 Å². The lowest BCUT2D eigenvalue weighted by atomic mass is 9.97. The molecule has 1 saturated carbocycles. The zero-order valence-electron chi connectivity index (χ0n) is 12.2. The molecule has 2 rings (SSSR count). The molecular weight excluding hydrogens is 240 g/mol. The molecule has 2 aliphatic rings. The zero-order valence-corrected chi connectivity index (χ0v) is 12.2. The van der Waals surface area contributed by atoms with Crippen LogP contribution in [-0.2, 0) is 4.79 Å². The number of aliphatic hydroxyl groups is 1. The summed E-state index contributed by atoms with van der Waals surface area (Å²) < 4.78 is 0. The third kappa shape index (κ3) is 4.77. The normalized spacial score (nSPS) is 25.2. The van der Waals surface area contributed by atoms with E-state index < -0.39 is 5.60 Å². The summed E-state index contributed by atoms with van der Waals surface area (Å²) in [6.45, 7) is 5.31. The highest BCUT2D eigenvalue weighted by Crippen LogP contribution is 2.32. The van der Waals surface area contributed by atoms with E-state index in [2.05, 4.69) is 17.1 Å². The van der Waals surface area contributed by atoms with Crippen LogP contribution in [0.5, 0.6) is 0 Å². The molecule has 1 amide bonds. The molecule has 19 heavy (non-hydrogen) atoms. The maximum atomic E-state index is 12.0. The lowest BCUT2D eigenvalue weighted by Gasteiger charge is -2.30. The summed E-state index contributed by atoms with van der Waals surface area (Å²) in [5.74, 6) is 0.00825. The molecule has 0 radical (unpaired) electrons. The Balaban J connectivity index is 1.69. The lowest BCUT2D eigenvalue weighted by molar-refractivity contribution is -0.126. The maximum Gasteiger partial charge on any atom is 0.223 e. The molecule has 1 unspecified atom stereocenters. The second-order valence-electron chi connectivity index (χ2n) is 6.44. The van der Waals surface area contributed by atoms with Crippen LogP contribution in [-0.4, -0.2) is 47.2 Å². The van der Waals surface area contributed by atoms with Crippen molar-refractivity contribution in [2.24, 2.45) is 0 Å². The monoisotopic (exact) mass is 268 g/mol. The van der Waals surface area contributed by atoms with Gasteiger partial charge in [0.25, 0.3) is 0 Å². The van der Waals surface area contributed by atoms with Crippen molar-refractivity contribution in [2.45, 2.75) is 69.9 Å². The highest BCUT2D eigenvalue weighted by Gasteiger charge is 2.33. The number of carbonyl (C=O) groups excluding carboxylic acids is 1. The summed E-state index contributed by atoms with van der Waals surface area (Å²) >= 11 is 0. The van der Waals surface area contributed by atoms with Crippen LogP contribution in [0.4, 0.5) is 0 Å². The van der Waals surface area contributed by atoms with Crippen molar-refractivity contribution in [2.75, 3.05) is 19.6 Å². The minimum Gasteiger partial charge on any atom is -0.389 e. The molecule has 1 heterocycles. The van der Waals surface area contributed by atoms with Gasteiger partial charge in [0.2, 0.25) is 5.91 Å².